The monoisotopic (exact) mass is 346 g/mol. The minimum Gasteiger partial charge on any atom is -0.375 e. The van der Waals surface area contributed by atoms with Gasteiger partial charge < -0.3 is 14.5 Å². The fourth-order valence-electron chi connectivity index (χ4n) is 3.76. The molecule has 1 unspecified atom stereocenters. The van der Waals surface area contributed by atoms with Crippen molar-refractivity contribution in [2.45, 2.75) is 63.1 Å². The van der Waals surface area contributed by atoms with Crippen molar-refractivity contribution >= 4 is 5.91 Å². The first-order valence-electron chi connectivity index (χ1n) is 9.70. The highest BCUT2D eigenvalue weighted by atomic mass is 16.5. The van der Waals surface area contributed by atoms with Crippen LogP contribution < -0.4 is 0 Å². The largest absolute Gasteiger partial charge is 0.375 e. The van der Waals surface area contributed by atoms with E-state index in [9.17, 15) is 4.79 Å². The van der Waals surface area contributed by atoms with Gasteiger partial charge >= 0.3 is 0 Å². The molecule has 0 saturated carbocycles. The van der Waals surface area contributed by atoms with E-state index in [1.54, 1.807) is 0 Å². The predicted octanol–water partition coefficient (Wildman–Crippen LogP) is 2.45. The number of hydrogen-bond acceptors (Lipinski definition) is 5. The number of rotatable bonds is 9. The van der Waals surface area contributed by atoms with Crippen LogP contribution in [0.1, 0.15) is 51.4 Å². The number of piperidine rings is 1. The Labute approximate surface area is 151 Å². The Morgan fingerprint density at radius 3 is 2.72 bits per heavy atom. The number of likely N-dealkylation sites (tertiary alicyclic amines) is 2. The van der Waals surface area contributed by atoms with E-state index < -0.39 is 0 Å². The van der Waals surface area contributed by atoms with Crippen LogP contribution in [0.2, 0.25) is 0 Å². The highest BCUT2D eigenvalue weighted by Crippen LogP contribution is 2.37. The SMILES string of the molecule is C#CCCC1(CCC(=O)N2CCC(OCCN3CCCCC3)C2)N=N1. The standard InChI is InChI=1S/C19H30N4O2/c1-2-3-9-19(20-21-19)10-7-18(24)23-13-8-17(16-23)25-15-14-22-11-5-4-6-12-22/h1,17H,3-16H2. The maximum Gasteiger partial charge on any atom is 0.222 e. The molecule has 3 heterocycles. The number of terminal acetylenes is 1. The molecule has 0 aromatic heterocycles. The zero-order valence-corrected chi connectivity index (χ0v) is 15.2. The topological polar surface area (TPSA) is 57.5 Å². The van der Waals surface area contributed by atoms with Crippen LogP contribution in [0, 0.1) is 12.3 Å². The van der Waals surface area contributed by atoms with Gasteiger partial charge in [-0.3, -0.25) is 4.79 Å². The van der Waals surface area contributed by atoms with Gasteiger partial charge in [-0.2, -0.15) is 10.2 Å². The minimum atomic E-state index is -0.355. The highest BCUT2D eigenvalue weighted by molar-refractivity contribution is 5.76. The van der Waals surface area contributed by atoms with Crippen molar-refractivity contribution in [3.63, 3.8) is 0 Å². The Balaban J connectivity index is 1.29. The minimum absolute atomic E-state index is 0.194. The van der Waals surface area contributed by atoms with Crippen LogP contribution in [0.25, 0.3) is 0 Å². The molecule has 1 amide bonds. The average Bonchev–Trinajstić information content (AvgIpc) is 3.26. The molecule has 0 aliphatic carbocycles. The number of amides is 1. The average molecular weight is 346 g/mol. The van der Waals surface area contributed by atoms with Gasteiger partial charge in [0.2, 0.25) is 5.91 Å². The van der Waals surface area contributed by atoms with Crippen LogP contribution in [0.15, 0.2) is 10.2 Å². The summed E-state index contributed by atoms with van der Waals surface area (Å²) in [7, 11) is 0. The fraction of sp³-hybridized carbons (Fsp3) is 0.842. The lowest BCUT2D eigenvalue weighted by Crippen LogP contribution is -2.34. The van der Waals surface area contributed by atoms with E-state index in [1.165, 1.54) is 32.4 Å². The van der Waals surface area contributed by atoms with Crippen LogP contribution >= 0.6 is 0 Å². The molecule has 0 spiro atoms. The maximum absolute atomic E-state index is 12.4. The lowest BCUT2D eigenvalue weighted by atomic mass is 10.0. The molecule has 6 nitrogen and oxygen atoms in total. The summed E-state index contributed by atoms with van der Waals surface area (Å²) >= 11 is 0. The normalized spacial score (nSPS) is 25.1. The molecule has 2 saturated heterocycles. The smallest absolute Gasteiger partial charge is 0.222 e. The van der Waals surface area contributed by atoms with E-state index in [2.05, 4.69) is 21.0 Å². The molecule has 138 valence electrons. The van der Waals surface area contributed by atoms with E-state index in [0.29, 0.717) is 19.3 Å². The first-order valence-corrected chi connectivity index (χ1v) is 9.70. The van der Waals surface area contributed by atoms with Crippen molar-refractivity contribution in [1.29, 1.82) is 0 Å². The third-order valence-corrected chi connectivity index (χ3v) is 5.50. The highest BCUT2D eigenvalue weighted by Gasteiger charge is 2.40. The van der Waals surface area contributed by atoms with Gasteiger partial charge in [0.05, 0.1) is 12.7 Å². The number of ether oxygens (including phenoxy) is 1. The molecule has 0 aromatic carbocycles. The first-order chi connectivity index (χ1) is 12.2. The lowest BCUT2D eigenvalue weighted by Gasteiger charge is -2.26. The van der Waals surface area contributed by atoms with E-state index in [0.717, 1.165) is 39.1 Å². The van der Waals surface area contributed by atoms with Crippen LogP contribution in [-0.4, -0.2) is 66.8 Å². The van der Waals surface area contributed by atoms with Gasteiger partial charge in [-0.05, 0) is 32.4 Å². The second-order valence-electron chi connectivity index (χ2n) is 7.41. The summed E-state index contributed by atoms with van der Waals surface area (Å²) < 4.78 is 6.00. The molecule has 0 radical (unpaired) electrons. The Bertz CT molecular complexity index is 516. The van der Waals surface area contributed by atoms with Crippen molar-refractivity contribution in [1.82, 2.24) is 9.80 Å². The molecule has 25 heavy (non-hydrogen) atoms. The zero-order valence-electron chi connectivity index (χ0n) is 15.2. The van der Waals surface area contributed by atoms with E-state index in [1.807, 2.05) is 4.90 Å². The van der Waals surface area contributed by atoms with Gasteiger partial charge in [-0.25, -0.2) is 0 Å². The lowest BCUT2D eigenvalue weighted by molar-refractivity contribution is -0.131. The van der Waals surface area contributed by atoms with E-state index >= 15 is 0 Å². The molecule has 0 N–H and O–H groups in total. The van der Waals surface area contributed by atoms with Crippen molar-refractivity contribution < 1.29 is 9.53 Å². The van der Waals surface area contributed by atoms with Gasteiger partial charge in [0, 0.05) is 45.3 Å². The molecular weight excluding hydrogens is 316 g/mol. The predicted molar refractivity (Wildman–Crippen MR) is 96.1 cm³/mol. The molecule has 3 rings (SSSR count). The van der Waals surface area contributed by atoms with Gasteiger partial charge in [0.25, 0.3) is 0 Å². The van der Waals surface area contributed by atoms with Gasteiger partial charge in [-0.1, -0.05) is 6.42 Å². The summed E-state index contributed by atoms with van der Waals surface area (Å²) in [6, 6.07) is 0. The number of carbonyl (C=O) groups excluding carboxylic acids is 1. The summed E-state index contributed by atoms with van der Waals surface area (Å²) in [5.74, 6) is 2.81. The van der Waals surface area contributed by atoms with Crippen molar-refractivity contribution in [2.75, 3.05) is 39.3 Å². The zero-order chi connectivity index (χ0) is 17.5. The van der Waals surface area contributed by atoms with Gasteiger partial charge in [0.15, 0.2) is 5.66 Å². The first kappa shape index (κ1) is 18.3. The molecule has 2 fully saturated rings. The van der Waals surface area contributed by atoms with Crippen molar-refractivity contribution in [3.05, 3.63) is 0 Å². The number of nitrogens with zero attached hydrogens (tertiary/aromatic N) is 4. The second kappa shape index (κ2) is 8.77. The van der Waals surface area contributed by atoms with Crippen LogP contribution in [0.5, 0.6) is 0 Å². The Hall–Kier alpha value is -1.45. The van der Waals surface area contributed by atoms with Crippen molar-refractivity contribution in [2.24, 2.45) is 10.2 Å². The Kier molecular flexibility index (Phi) is 6.44. The third-order valence-electron chi connectivity index (χ3n) is 5.50. The van der Waals surface area contributed by atoms with Gasteiger partial charge in [0.1, 0.15) is 0 Å². The molecule has 3 aliphatic heterocycles. The summed E-state index contributed by atoms with van der Waals surface area (Å²) in [4.78, 5) is 16.8. The van der Waals surface area contributed by atoms with Crippen LogP contribution in [0.4, 0.5) is 0 Å². The number of hydrogen-bond donors (Lipinski definition) is 0. The number of carbonyl (C=O) groups is 1. The molecular formula is C19H30N4O2. The Morgan fingerprint density at radius 1 is 1.20 bits per heavy atom. The van der Waals surface area contributed by atoms with E-state index in [4.69, 9.17) is 11.2 Å². The van der Waals surface area contributed by atoms with Crippen LogP contribution in [-0.2, 0) is 9.53 Å². The quantitative estimate of drug-likeness (QED) is 0.603. The maximum atomic E-state index is 12.4. The van der Waals surface area contributed by atoms with Crippen LogP contribution in [0.3, 0.4) is 0 Å². The molecule has 3 aliphatic rings. The summed E-state index contributed by atoms with van der Waals surface area (Å²) in [5, 5.41) is 8.20. The summed E-state index contributed by atoms with van der Waals surface area (Å²) in [5.41, 5.74) is -0.355. The van der Waals surface area contributed by atoms with E-state index in [-0.39, 0.29) is 17.7 Å². The fourth-order valence-corrected chi connectivity index (χ4v) is 3.76. The molecule has 0 aromatic rings. The summed E-state index contributed by atoms with van der Waals surface area (Å²) in [6.45, 7) is 5.74. The summed E-state index contributed by atoms with van der Waals surface area (Å²) in [6.07, 6.45) is 13.0. The Morgan fingerprint density at radius 2 is 2.00 bits per heavy atom. The third kappa shape index (κ3) is 5.52. The second-order valence-corrected chi connectivity index (χ2v) is 7.41. The van der Waals surface area contributed by atoms with Gasteiger partial charge in [-0.15, -0.1) is 12.3 Å². The molecule has 6 heteroatoms. The molecule has 1 atom stereocenters. The van der Waals surface area contributed by atoms with Crippen molar-refractivity contribution in [3.8, 4) is 12.3 Å². The molecule has 0 bridgehead atoms.